The quantitative estimate of drug-likeness (QED) is 0.186. The van der Waals surface area contributed by atoms with Crippen LogP contribution in [0, 0.1) is 0 Å². The van der Waals surface area contributed by atoms with Crippen LogP contribution < -0.4 is 31.2 Å². The number of ether oxygens (including phenoxy) is 3. The third-order valence-corrected chi connectivity index (χ3v) is 8.71. The Morgan fingerprint density at radius 1 is 0.727 bits per heavy atom. The summed E-state index contributed by atoms with van der Waals surface area (Å²) < 4.78 is 16.4. The van der Waals surface area contributed by atoms with Crippen LogP contribution in [0.25, 0.3) is 0 Å². The van der Waals surface area contributed by atoms with Crippen LogP contribution in [0.2, 0.25) is 0 Å². The van der Waals surface area contributed by atoms with Crippen molar-refractivity contribution in [2.75, 3.05) is 26.3 Å². The summed E-state index contributed by atoms with van der Waals surface area (Å²) in [5, 5.41) is 6.93. The maximum Gasteiger partial charge on any atom is 0.407 e. The standard InChI is InChI=1S/C21H25N3O7.C16H17N3O5/c1-21(2,3)31-20(29)22-10-5-11-30-14-7-4-6-12-16(14)19(28)24(18(12)27)13-8-9-15(25)23-17(13)26;17-7-2-8-24-11-4-1-3-9-13(11)16(23)19(15(9)22)10-5-6-12(20)18-14(10)21/h4,6-7,13H,5,8-11H2,1-3H3,(H,22,29)(H,23,25,26);1,3-4,10H,2,5-8,17H2,(H,18,20,21). The summed E-state index contributed by atoms with van der Waals surface area (Å²) >= 11 is 0. The normalized spacial score (nSPS) is 19.3. The Labute approximate surface area is 315 Å². The molecule has 2 fully saturated rings. The first-order chi connectivity index (χ1) is 26.1. The predicted molar refractivity (Wildman–Crippen MR) is 190 cm³/mol. The zero-order valence-electron chi connectivity index (χ0n) is 30.6. The molecule has 292 valence electrons. The van der Waals surface area contributed by atoms with Crippen molar-refractivity contribution in [1.29, 1.82) is 0 Å². The fourth-order valence-electron chi connectivity index (χ4n) is 6.23. The smallest absolute Gasteiger partial charge is 0.407 e. The lowest BCUT2D eigenvalue weighted by molar-refractivity contribution is -0.137. The zero-order valence-corrected chi connectivity index (χ0v) is 30.6. The van der Waals surface area contributed by atoms with E-state index in [1.165, 1.54) is 12.1 Å². The van der Waals surface area contributed by atoms with Crippen molar-refractivity contribution in [3.63, 3.8) is 0 Å². The first-order valence-electron chi connectivity index (χ1n) is 17.7. The van der Waals surface area contributed by atoms with Gasteiger partial charge in [0.2, 0.25) is 23.6 Å². The van der Waals surface area contributed by atoms with Crippen molar-refractivity contribution in [2.45, 2.75) is 77.0 Å². The lowest BCUT2D eigenvalue weighted by atomic mass is 10.0. The van der Waals surface area contributed by atoms with Crippen LogP contribution in [-0.2, 0) is 23.9 Å². The molecule has 4 heterocycles. The monoisotopic (exact) mass is 762 g/mol. The van der Waals surface area contributed by atoms with Crippen molar-refractivity contribution in [1.82, 2.24) is 25.8 Å². The van der Waals surface area contributed by atoms with Crippen LogP contribution >= 0.6 is 0 Å². The summed E-state index contributed by atoms with van der Waals surface area (Å²) in [5.74, 6) is -3.95. The van der Waals surface area contributed by atoms with Gasteiger partial charge >= 0.3 is 6.09 Å². The molecular formula is C37H42N6O12. The Morgan fingerprint density at radius 2 is 1.18 bits per heavy atom. The summed E-state index contributed by atoms with van der Waals surface area (Å²) in [5.41, 5.74) is 5.44. The molecule has 18 nitrogen and oxygen atoms in total. The number of hydrogen-bond acceptors (Lipinski definition) is 13. The summed E-state index contributed by atoms with van der Waals surface area (Å²) in [7, 11) is 0. The van der Waals surface area contributed by atoms with Crippen molar-refractivity contribution >= 4 is 53.4 Å². The average Bonchev–Trinajstić information content (AvgIpc) is 3.52. The van der Waals surface area contributed by atoms with Gasteiger partial charge in [0.15, 0.2) is 0 Å². The van der Waals surface area contributed by atoms with Gasteiger partial charge in [-0.3, -0.25) is 58.8 Å². The Hall–Kier alpha value is -6.17. The minimum absolute atomic E-state index is 0.0534. The molecule has 5 N–H and O–H groups in total. The fraction of sp³-hybridized carbons (Fsp3) is 0.432. The van der Waals surface area contributed by atoms with Crippen molar-refractivity contribution in [3.05, 3.63) is 58.7 Å². The number of carbonyl (C=O) groups is 9. The highest BCUT2D eigenvalue weighted by Gasteiger charge is 2.47. The molecule has 9 amide bonds. The second-order valence-electron chi connectivity index (χ2n) is 13.9. The highest BCUT2D eigenvalue weighted by Crippen LogP contribution is 2.35. The van der Waals surface area contributed by atoms with E-state index in [-0.39, 0.29) is 60.3 Å². The van der Waals surface area contributed by atoms with Crippen molar-refractivity contribution < 1.29 is 57.4 Å². The second kappa shape index (κ2) is 16.9. The topological polar surface area (TPSA) is 250 Å². The number of fused-ring (bicyclic) bond motifs is 2. The number of piperidine rings is 2. The van der Waals surface area contributed by atoms with Crippen LogP contribution in [0.4, 0.5) is 4.79 Å². The molecule has 0 bridgehead atoms. The molecule has 2 unspecified atom stereocenters. The highest BCUT2D eigenvalue weighted by atomic mass is 16.6. The molecule has 2 aromatic rings. The van der Waals surface area contributed by atoms with E-state index in [2.05, 4.69) is 16.0 Å². The Balaban J connectivity index is 0.000000218. The van der Waals surface area contributed by atoms with Crippen LogP contribution in [-0.4, -0.2) is 107 Å². The molecule has 0 radical (unpaired) electrons. The van der Waals surface area contributed by atoms with Gasteiger partial charge in [-0.25, -0.2) is 4.79 Å². The molecule has 4 aliphatic heterocycles. The maximum absolute atomic E-state index is 13.0. The summed E-state index contributed by atoms with van der Waals surface area (Å²) in [4.78, 5) is 111. The number of benzene rings is 2. The van der Waals surface area contributed by atoms with Crippen LogP contribution in [0.3, 0.4) is 0 Å². The minimum Gasteiger partial charge on any atom is -0.493 e. The van der Waals surface area contributed by atoms with Gasteiger partial charge < -0.3 is 25.3 Å². The van der Waals surface area contributed by atoms with Gasteiger partial charge in [0.1, 0.15) is 29.2 Å². The predicted octanol–water partition coefficient (Wildman–Crippen LogP) is 1.20. The Morgan fingerprint density at radius 3 is 1.60 bits per heavy atom. The molecule has 55 heavy (non-hydrogen) atoms. The van der Waals surface area contributed by atoms with Gasteiger partial charge in [0.25, 0.3) is 23.6 Å². The fourth-order valence-corrected chi connectivity index (χ4v) is 6.23. The lowest BCUT2D eigenvalue weighted by Crippen LogP contribution is -2.54. The van der Waals surface area contributed by atoms with Gasteiger partial charge in [-0.15, -0.1) is 0 Å². The molecule has 2 aromatic carbocycles. The molecule has 0 saturated carbocycles. The second-order valence-corrected chi connectivity index (χ2v) is 13.9. The molecule has 0 aromatic heterocycles. The van der Waals surface area contributed by atoms with E-state index in [0.29, 0.717) is 38.3 Å². The van der Waals surface area contributed by atoms with Gasteiger partial charge in [-0.2, -0.15) is 0 Å². The van der Waals surface area contributed by atoms with E-state index in [1.54, 1.807) is 45.0 Å². The Kier molecular flexibility index (Phi) is 12.3. The number of amides is 9. The third kappa shape index (κ3) is 8.97. The van der Waals surface area contributed by atoms with Crippen molar-refractivity contribution in [3.8, 4) is 11.5 Å². The Bertz CT molecular complexity index is 1940. The third-order valence-electron chi connectivity index (χ3n) is 8.71. The number of alkyl carbamates (subject to hydrolysis) is 1. The van der Waals surface area contributed by atoms with E-state index < -0.39 is 71.0 Å². The molecular weight excluding hydrogens is 720 g/mol. The van der Waals surface area contributed by atoms with Crippen molar-refractivity contribution in [2.24, 2.45) is 5.73 Å². The van der Waals surface area contributed by atoms with Crippen LogP contribution in [0.15, 0.2) is 36.4 Å². The molecule has 0 aliphatic carbocycles. The van der Waals surface area contributed by atoms with Gasteiger partial charge in [-0.1, -0.05) is 12.1 Å². The first kappa shape index (κ1) is 40.0. The van der Waals surface area contributed by atoms with E-state index in [1.807, 2.05) is 0 Å². The molecule has 18 heteroatoms. The number of imide groups is 4. The summed E-state index contributed by atoms with van der Waals surface area (Å²) in [6.45, 7) is 6.56. The molecule has 0 spiro atoms. The number of nitrogens with two attached hydrogens (primary N) is 1. The summed E-state index contributed by atoms with van der Waals surface area (Å²) in [6, 6.07) is 7.40. The lowest BCUT2D eigenvalue weighted by Gasteiger charge is -2.27. The van der Waals surface area contributed by atoms with Gasteiger partial charge in [0, 0.05) is 19.4 Å². The SMILES string of the molecule is CC(C)(C)OC(=O)NCCCOc1cccc2c1C(=O)N(C1CCC(=O)NC1=O)C2=O.NCCCOc1cccc2c1C(=O)N(C1CCC(=O)NC1=O)C2=O. The highest BCUT2D eigenvalue weighted by molar-refractivity contribution is 6.25. The maximum atomic E-state index is 13.0. The molecule has 2 saturated heterocycles. The number of rotatable bonds is 11. The van der Waals surface area contributed by atoms with Crippen LogP contribution in [0.5, 0.6) is 11.5 Å². The number of nitrogens with one attached hydrogen (secondary N) is 3. The minimum atomic E-state index is -1.03. The average molecular weight is 763 g/mol. The van der Waals surface area contributed by atoms with E-state index >= 15 is 0 Å². The van der Waals surface area contributed by atoms with Gasteiger partial charge in [-0.05, 0) is 77.3 Å². The van der Waals surface area contributed by atoms with E-state index in [0.717, 1.165) is 9.80 Å². The summed E-state index contributed by atoms with van der Waals surface area (Å²) in [6.07, 6.45) is 0.877. The number of carbonyl (C=O) groups excluding carboxylic acids is 9. The molecule has 4 aliphatic rings. The number of nitrogens with zero attached hydrogens (tertiary/aromatic N) is 2. The zero-order chi connectivity index (χ0) is 40.0. The van der Waals surface area contributed by atoms with E-state index in [9.17, 15) is 43.2 Å². The first-order valence-corrected chi connectivity index (χ1v) is 17.7. The largest absolute Gasteiger partial charge is 0.493 e. The van der Waals surface area contributed by atoms with Crippen LogP contribution in [0.1, 0.15) is 101 Å². The van der Waals surface area contributed by atoms with E-state index in [4.69, 9.17) is 19.9 Å². The molecule has 6 rings (SSSR count). The molecule has 2 atom stereocenters. The van der Waals surface area contributed by atoms with Gasteiger partial charge in [0.05, 0.1) is 35.5 Å². The number of hydrogen-bond donors (Lipinski definition) is 4.